The minimum absolute atomic E-state index is 0.0926. The molecule has 1 aromatic heterocycles. The molecule has 2 N–H and O–H groups in total. The smallest absolute Gasteiger partial charge is 0.326 e. The summed E-state index contributed by atoms with van der Waals surface area (Å²) in [4.78, 5) is 39.7. The average molecular weight is 352 g/mol. The number of aromatic nitrogens is 1. The molecule has 1 aliphatic rings. The highest BCUT2D eigenvalue weighted by Crippen LogP contribution is 2.34. The van der Waals surface area contributed by atoms with Crippen LogP contribution in [0.2, 0.25) is 0 Å². The van der Waals surface area contributed by atoms with Crippen LogP contribution in [0, 0.1) is 0 Å². The lowest BCUT2D eigenvalue weighted by Crippen LogP contribution is -2.44. The van der Waals surface area contributed by atoms with Crippen LogP contribution < -0.4 is 0 Å². The highest BCUT2D eigenvalue weighted by Gasteiger charge is 2.40. The number of carboxylic acids is 2. The van der Waals surface area contributed by atoms with Crippen molar-refractivity contribution in [1.29, 1.82) is 0 Å². The Bertz CT molecular complexity index is 690. The molecular formula is C14H12N2O5S2. The number of carboxylic acid groups (broad SMARTS) is 2. The molecule has 23 heavy (non-hydrogen) atoms. The van der Waals surface area contributed by atoms with E-state index in [2.05, 4.69) is 4.98 Å². The molecule has 0 radical (unpaired) electrons. The minimum Gasteiger partial charge on any atom is -0.481 e. The van der Waals surface area contributed by atoms with Crippen molar-refractivity contribution in [3.05, 3.63) is 35.0 Å². The van der Waals surface area contributed by atoms with Gasteiger partial charge in [-0.25, -0.2) is 4.79 Å². The molecule has 9 heteroatoms. The van der Waals surface area contributed by atoms with Crippen molar-refractivity contribution in [3.63, 3.8) is 0 Å². The van der Waals surface area contributed by atoms with E-state index in [-0.39, 0.29) is 22.1 Å². The van der Waals surface area contributed by atoms with E-state index in [1.807, 2.05) is 0 Å². The summed E-state index contributed by atoms with van der Waals surface area (Å²) < 4.78 is 0.0926. The second kappa shape index (κ2) is 7.34. The Hall–Kier alpha value is -2.26. The first-order chi connectivity index (χ1) is 10.9. The summed E-state index contributed by atoms with van der Waals surface area (Å²) in [5.74, 6) is -2.98. The van der Waals surface area contributed by atoms with E-state index in [1.165, 1.54) is 6.08 Å². The summed E-state index contributed by atoms with van der Waals surface area (Å²) in [6.07, 6.45) is 2.51. The van der Waals surface area contributed by atoms with Crippen LogP contribution >= 0.6 is 24.0 Å². The van der Waals surface area contributed by atoms with Crippen molar-refractivity contribution in [2.75, 3.05) is 0 Å². The topological polar surface area (TPSA) is 108 Å². The minimum atomic E-state index is -1.30. The standard InChI is InChI=1S/C14H12N2O5S2/c17-11(18)5-4-9(13(20)21)16-12(19)10(23-14(16)22)7-8-3-1-2-6-15-8/h1-3,6-7,9H,4-5H2,(H,17,18)(H,20,21)/b10-7+/t9-/m1/s1. The Morgan fingerprint density at radius 3 is 2.70 bits per heavy atom. The van der Waals surface area contributed by atoms with Crippen LogP contribution in [-0.4, -0.2) is 48.3 Å². The van der Waals surface area contributed by atoms with E-state index in [9.17, 15) is 19.5 Å². The first kappa shape index (κ1) is 17.1. The van der Waals surface area contributed by atoms with Crippen LogP contribution in [0.1, 0.15) is 18.5 Å². The lowest BCUT2D eigenvalue weighted by Gasteiger charge is -2.22. The van der Waals surface area contributed by atoms with Gasteiger partial charge < -0.3 is 10.2 Å². The molecule has 1 aromatic rings. The van der Waals surface area contributed by atoms with Crippen LogP contribution in [0.15, 0.2) is 29.3 Å². The van der Waals surface area contributed by atoms with E-state index in [0.717, 1.165) is 16.7 Å². The first-order valence-electron chi connectivity index (χ1n) is 6.53. The molecule has 7 nitrogen and oxygen atoms in total. The fourth-order valence-corrected chi connectivity index (χ4v) is 3.31. The van der Waals surface area contributed by atoms with Crippen molar-refractivity contribution < 1.29 is 24.6 Å². The van der Waals surface area contributed by atoms with Crippen LogP contribution in [0.5, 0.6) is 0 Å². The maximum Gasteiger partial charge on any atom is 0.326 e. The van der Waals surface area contributed by atoms with Gasteiger partial charge in [0.05, 0.1) is 10.6 Å². The van der Waals surface area contributed by atoms with Gasteiger partial charge >= 0.3 is 11.9 Å². The zero-order chi connectivity index (χ0) is 17.0. The molecule has 0 unspecified atom stereocenters. The maximum atomic E-state index is 12.4. The van der Waals surface area contributed by atoms with Crippen molar-refractivity contribution in [2.24, 2.45) is 0 Å². The van der Waals surface area contributed by atoms with Crippen LogP contribution in [0.25, 0.3) is 6.08 Å². The van der Waals surface area contributed by atoms with Gasteiger partial charge in [0.2, 0.25) is 0 Å². The van der Waals surface area contributed by atoms with Crippen LogP contribution in [0.3, 0.4) is 0 Å². The fourth-order valence-electron chi connectivity index (χ4n) is 1.97. The van der Waals surface area contributed by atoms with Gasteiger partial charge in [-0.15, -0.1) is 0 Å². The van der Waals surface area contributed by atoms with E-state index < -0.39 is 23.9 Å². The molecular weight excluding hydrogens is 340 g/mol. The SMILES string of the molecule is O=C(O)CC[C@H](C(=O)O)N1C(=O)/C(=C\c2ccccn2)SC1=S. The molecule has 1 amide bonds. The van der Waals surface area contributed by atoms with E-state index in [0.29, 0.717) is 5.69 Å². The van der Waals surface area contributed by atoms with Gasteiger partial charge in [-0.1, -0.05) is 30.0 Å². The molecule has 120 valence electrons. The number of rotatable bonds is 6. The predicted molar refractivity (Wildman–Crippen MR) is 87.5 cm³/mol. The normalized spacial score (nSPS) is 17.6. The number of amides is 1. The van der Waals surface area contributed by atoms with E-state index in [1.54, 1.807) is 24.4 Å². The van der Waals surface area contributed by atoms with Gasteiger partial charge in [0.15, 0.2) is 0 Å². The van der Waals surface area contributed by atoms with Crippen molar-refractivity contribution >= 4 is 52.2 Å². The van der Waals surface area contributed by atoms with Crippen molar-refractivity contribution in [1.82, 2.24) is 9.88 Å². The lowest BCUT2D eigenvalue weighted by molar-refractivity contribution is -0.146. The molecule has 0 saturated carbocycles. The Kier molecular flexibility index (Phi) is 5.45. The number of nitrogens with zero attached hydrogens (tertiary/aromatic N) is 2. The quantitative estimate of drug-likeness (QED) is 0.587. The number of hydrogen-bond acceptors (Lipinski definition) is 6. The number of thiocarbonyl (C=S) groups is 1. The third-order valence-corrected chi connectivity index (χ3v) is 4.35. The summed E-state index contributed by atoms with van der Waals surface area (Å²) in [5, 5.41) is 18.0. The maximum absolute atomic E-state index is 12.4. The molecule has 0 bridgehead atoms. The molecule has 1 saturated heterocycles. The monoisotopic (exact) mass is 352 g/mol. The third kappa shape index (κ3) is 4.14. The summed E-state index contributed by atoms with van der Waals surface area (Å²) in [6.45, 7) is 0. The number of pyridine rings is 1. The summed E-state index contributed by atoms with van der Waals surface area (Å²) >= 11 is 6.06. The second-order valence-corrected chi connectivity index (χ2v) is 6.27. The van der Waals surface area contributed by atoms with Gasteiger partial charge in [0.25, 0.3) is 5.91 Å². The Labute approximate surface area is 141 Å². The molecule has 1 fully saturated rings. The highest BCUT2D eigenvalue weighted by atomic mass is 32.2. The number of aliphatic carboxylic acids is 2. The number of hydrogen-bond donors (Lipinski definition) is 2. The molecule has 0 aromatic carbocycles. The summed E-state index contributed by atoms with van der Waals surface area (Å²) in [5.41, 5.74) is 0.547. The number of thioether (sulfide) groups is 1. The zero-order valence-electron chi connectivity index (χ0n) is 11.7. The van der Waals surface area contributed by atoms with Gasteiger partial charge in [-0.3, -0.25) is 19.5 Å². The number of carbonyl (C=O) groups excluding carboxylic acids is 1. The molecule has 0 aliphatic carbocycles. The van der Waals surface area contributed by atoms with Crippen molar-refractivity contribution in [3.8, 4) is 0 Å². The summed E-state index contributed by atoms with van der Waals surface area (Å²) in [7, 11) is 0. The molecule has 1 aliphatic heterocycles. The summed E-state index contributed by atoms with van der Waals surface area (Å²) in [6, 6.07) is 3.89. The molecule has 1 atom stereocenters. The fraction of sp³-hybridized carbons (Fsp3) is 0.214. The van der Waals surface area contributed by atoms with Gasteiger partial charge in [0, 0.05) is 12.6 Å². The third-order valence-electron chi connectivity index (χ3n) is 3.02. The van der Waals surface area contributed by atoms with Gasteiger partial charge in [-0.05, 0) is 24.6 Å². The Morgan fingerprint density at radius 2 is 2.13 bits per heavy atom. The lowest BCUT2D eigenvalue weighted by atomic mass is 10.1. The second-order valence-electron chi connectivity index (χ2n) is 4.59. The number of carbonyl (C=O) groups is 3. The van der Waals surface area contributed by atoms with Gasteiger partial charge in [0.1, 0.15) is 10.4 Å². The zero-order valence-corrected chi connectivity index (χ0v) is 13.3. The first-order valence-corrected chi connectivity index (χ1v) is 7.75. The molecule has 2 rings (SSSR count). The van der Waals surface area contributed by atoms with Crippen LogP contribution in [-0.2, 0) is 14.4 Å². The van der Waals surface area contributed by atoms with Crippen LogP contribution in [0.4, 0.5) is 0 Å². The Balaban J connectivity index is 2.24. The highest BCUT2D eigenvalue weighted by molar-refractivity contribution is 8.26. The largest absolute Gasteiger partial charge is 0.481 e. The average Bonchev–Trinajstić information content (AvgIpc) is 2.75. The molecule has 2 heterocycles. The van der Waals surface area contributed by atoms with E-state index >= 15 is 0 Å². The Morgan fingerprint density at radius 1 is 1.39 bits per heavy atom. The van der Waals surface area contributed by atoms with Gasteiger partial charge in [-0.2, -0.15) is 0 Å². The van der Waals surface area contributed by atoms with E-state index in [4.69, 9.17) is 17.3 Å². The predicted octanol–water partition coefficient (Wildman–Crippen LogP) is 1.60. The molecule has 0 spiro atoms. The van der Waals surface area contributed by atoms with Crippen molar-refractivity contribution in [2.45, 2.75) is 18.9 Å².